The molecule has 1 unspecified atom stereocenters. The molecule has 2 fully saturated rings. The molecule has 2 aliphatic rings. The van der Waals surface area contributed by atoms with Crippen molar-refractivity contribution in [3.05, 3.63) is 36.5 Å². The fourth-order valence-electron chi connectivity index (χ4n) is 3.19. The van der Waals surface area contributed by atoms with Gasteiger partial charge >= 0.3 is 0 Å². The van der Waals surface area contributed by atoms with Gasteiger partial charge in [-0.1, -0.05) is 6.07 Å². The summed E-state index contributed by atoms with van der Waals surface area (Å²) in [6.45, 7) is 2.32. The van der Waals surface area contributed by atoms with Crippen LogP contribution in [0.3, 0.4) is 0 Å². The van der Waals surface area contributed by atoms with Gasteiger partial charge < -0.3 is 10.2 Å². The molecule has 2 heterocycles. The average Bonchev–Trinajstić information content (AvgIpc) is 3.31. The minimum Gasteiger partial charge on any atom is -0.370 e. The quantitative estimate of drug-likeness (QED) is 0.926. The molecule has 4 rings (SSSR count). The highest BCUT2D eigenvalue weighted by Gasteiger charge is 2.27. The third kappa shape index (κ3) is 2.50. The summed E-state index contributed by atoms with van der Waals surface area (Å²) in [4.78, 5) is 6.92. The maximum Gasteiger partial charge on any atom is 0.0703 e. The zero-order valence-electron chi connectivity index (χ0n) is 11.8. The average molecular weight is 267 g/mol. The van der Waals surface area contributed by atoms with Crippen LogP contribution >= 0.6 is 0 Å². The van der Waals surface area contributed by atoms with Crippen molar-refractivity contribution < 1.29 is 0 Å². The van der Waals surface area contributed by atoms with Gasteiger partial charge in [0, 0.05) is 42.4 Å². The Morgan fingerprint density at radius 3 is 2.95 bits per heavy atom. The lowest BCUT2D eigenvalue weighted by Gasteiger charge is -2.35. The third-order valence-corrected chi connectivity index (χ3v) is 4.42. The number of nitrogens with one attached hydrogen (secondary N) is 1. The number of benzene rings is 1. The normalized spacial score (nSPS) is 23.2. The standard InChI is InChI=1S/C17H21N3/c1-3-13-11-16(7-8-17(13)18-9-1)20-10-2-4-15(12-20)19-14-5-6-14/h1,3,7-9,11,14-15,19H,2,4-6,10,12H2. The molecule has 3 heteroatoms. The second kappa shape index (κ2) is 5.06. The Kier molecular flexibility index (Phi) is 3.07. The van der Waals surface area contributed by atoms with Crippen LogP contribution in [0.1, 0.15) is 25.7 Å². The molecule has 1 aromatic carbocycles. The number of rotatable bonds is 3. The number of nitrogens with zero attached hydrogens (tertiary/aromatic N) is 2. The summed E-state index contributed by atoms with van der Waals surface area (Å²) in [6, 6.07) is 12.3. The predicted molar refractivity (Wildman–Crippen MR) is 83.1 cm³/mol. The molecule has 2 aromatic rings. The largest absolute Gasteiger partial charge is 0.370 e. The van der Waals surface area contributed by atoms with Crippen LogP contribution in [0.25, 0.3) is 10.9 Å². The van der Waals surface area contributed by atoms with Crippen molar-refractivity contribution in [1.82, 2.24) is 10.3 Å². The van der Waals surface area contributed by atoms with Crippen molar-refractivity contribution in [2.45, 2.75) is 37.8 Å². The molecule has 104 valence electrons. The molecule has 1 aliphatic heterocycles. The number of aromatic nitrogens is 1. The van der Waals surface area contributed by atoms with Crippen molar-refractivity contribution in [3.8, 4) is 0 Å². The smallest absolute Gasteiger partial charge is 0.0703 e. The number of piperidine rings is 1. The highest BCUT2D eigenvalue weighted by molar-refractivity contribution is 5.82. The molecule has 0 spiro atoms. The first-order valence-corrected chi connectivity index (χ1v) is 7.74. The molecule has 1 aromatic heterocycles. The zero-order valence-corrected chi connectivity index (χ0v) is 11.8. The summed E-state index contributed by atoms with van der Waals surface area (Å²) >= 11 is 0. The van der Waals surface area contributed by atoms with Crippen molar-refractivity contribution in [3.63, 3.8) is 0 Å². The Morgan fingerprint density at radius 2 is 2.05 bits per heavy atom. The molecule has 0 bridgehead atoms. The first-order chi connectivity index (χ1) is 9.88. The van der Waals surface area contributed by atoms with Crippen LogP contribution in [0.4, 0.5) is 5.69 Å². The van der Waals surface area contributed by atoms with Gasteiger partial charge in [-0.25, -0.2) is 0 Å². The van der Waals surface area contributed by atoms with E-state index in [1.807, 2.05) is 12.3 Å². The topological polar surface area (TPSA) is 28.2 Å². The summed E-state index contributed by atoms with van der Waals surface area (Å²) < 4.78 is 0. The highest BCUT2D eigenvalue weighted by atomic mass is 15.2. The van der Waals surface area contributed by atoms with E-state index >= 15 is 0 Å². The summed E-state index contributed by atoms with van der Waals surface area (Å²) in [7, 11) is 0. The lowest BCUT2D eigenvalue weighted by atomic mass is 10.0. The maximum absolute atomic E-state index is 4.40. The van der Waals surface area contributed by atoms with Crippen LogP contribution in [0, 0.1) is 0 Å². The van der Waals surface area contributed by atoms with E-state index in [2.05, 4.69) is 39.5 Å². The Bertz CT molecular complexity index is 606. The zero-order chi connectivity index (χ0) is 13.4. The minimum absolute atomic E-state index is 0.667. The molecule has 1 saturated carbocycles. The number of hydrogen-bond donors (Lipinski definition) is 1. The second-order valence-electron chi connectivity index (χ2n) is 6.11. The second-order valence-corrected chi connectivity index (χ2v) is 6.11. The number of anilines is 1. The van der Waals surface area contributed by atoms with E-state index < -0.39 is 0 Å². The molecule has 1 N–H and O–H groups in total. The molecular formula is C17H21N3. The maximum atomic E-state index is 4.40. The van der Waals surface area contributed by atoms with Gasteiger partial charge in [0.1, 0.15) is 0 Å². The Hall–Kier alpha value is -1.61. The van der Waals surface area contributed by atoms with Gasteiger partial charge in [-0.3, -0.25) is 4.98 Å². The highest BCUT2D eigenvalue weighted by Crippen LogP contribution is 2.26. The van der Waals surface area contributed by atoms with E-state index in [0.29, 0.717) is 6.04 Å². The van der Waals surface area contributed by atoms with Crippen LogP contribution in [0.15, 0.2) is 36.5 Å². The summed E-state index contributed by atoms with van der Waals surface area (Å²) in [5, 5.41) is 5.01. The molecular weight excluding hydrogens is 246 g/mol. The van der Waals surface area contributed by atoms with Crippen molar-refractivity contribution in [1.29, 1.82) is 0 Å². The van der Waals surface area contributed by atoms with Crippen molar-refractivity contribution >= 4 is 16.6 Å². The van der Waals surface area contributed by atoms with E-state index in [4.69, 9.17) is 0 Å². The van der Waals surface area contributed by atoms with Crippen LogP contribution in [0.5, 0.6) is 0 Å². The lowest BCUT2D eigenvalue weighted by molar-refractivity contribution is 0.420. The summed E-state index contributed by atoms with van der Waals surface area (Å²) in [6.07, 6.45) is 7.21. The Morgan fingerprint density at radius 1 is 1.10 bits per heavy atom. The van der Waals surface area contributed by atoms with Crippen LogP contribution in [0.2, 0.25) is 0 Å². The van der Waals surface area contributed by atoms with Crippen LogP contribution < -0.4 is 10.2 Å². The number of fused-ring (bicyclic) bond motifs is 1. The van der Waals surface area contributed by atoms with Gasteiger partial charge in [-0.15, -0.1) is 0 Å². The summed E-state index contributed by atoms with van der Waals surface area (Å²) in [5.41, 5.74) is 2.42. The number of pyridine rings is 1. The monoisotopic (exact) mass is 267 g/mol. The van der Waals surface area contributed by atoms with Crippen LogP contribution in [-0.2, 0) is 0 Å². The van der Waals surface area contributed by atoms with Gasteiger partial charge in [0.05, 0.1) is 5.52 Å². The minimum atomic E-state index is 0.667. The third-order valence-electron chi connectivity index (χ3n) is 4.42. The Balaban J connectivity index is 1.54. The molecule has 0 radical (unpaired) electrons. The molecule has 20 heavy (non-hydrogen) atoms. The predicted octanol–water partition coefficient (Wildman–Crippen LogP) is 2.96. The fourth-order valence-corrected chi connectivity index (χ4v) is 3.19. The van der Waals surface area contributed by atoms with E-state index in [9.17, 15) is 0 Å². The first-order valence-electron chi connectivity index (χ1n) is 7.74. The van der Waals surface area contributed by atoms with Gasteiger partial charge in [0.15, 0.2) is 0 Å². The SMILES string of the molecule is c1cnc2ccc(N3CCCC(NC4CC4)C3)cc2c1. The Labute approximate surface area is 120 Å². The van der Waals surface area contributed by atoms with Gasteiger partial charge in [0.25, 0.3) is 0 Å². The van der Waals surface area contributed by atoms with Crippen LogP contribution in [-0.4, -0.2) is 30.2 Å². The molecule has 1 saturated heterocycles. The fraction of sp³-hybridized carbons (Fsp3) is 0.471. The van der Waals surface area contributed by atoms with Gasteiger partial charge in [0.2, 0.25) is 0 Å². The van der Waals surface area contributed by atoms with E-state index in [1.165, 1.54) is 43.3 Å². The van der Waals surface area contributed by atoms with E-state index in [-0.39, 0.29) is 0 Å². The number of hydrogen-bond acceptors (Lipinski definition) is 3. The summed E-state index contributed by atoms with van der Waals surface area (Å²) in [5.74, 6) is 0. The van der Waals surface area contributed by atoms with Crippen molar-refractivity contribution in [2.24, 2.45) is 0 Å². The molecule has 0 amide bonds. The van der Waals surface area contributed by atoms with E-state index in [0.717, 1.165) is 18.1 Å². The lowest BCUT2D eigenvalue weighted by Crippen LogP contribution is -2.46. The molecule has 1 aliphatic carbocycles. The first kappa shape index (κ1) is 12.2. The van der Waals surface area contributed by atoms with Gasteiger partial charge in [-0.05, 0) is 49.9 Å². The molecule has 1 atom stereocenters. The van der Waals surface area contributed by atoms with E-state index in [1.54, 1.807) is 0 Å². The molecule has 3 nitrogen and oxygen atoms in total. The van der Waals surface area contributed by atoms with Crippen molar-refractivity contribution in [2.75, 3.05) is 18.0 Å². The van der Waals surface area contributed by atoms with Gasteiger partial charge in [-0.2, -0.15) is 0 Å².